The van der Waals surface area contributed by atoms with Crippen LogP contribution in [-0.2, 0) is 14.3 Å². The molecule has 0 spiro atoms. The van der Waals surface area contributed by atoms with Crippen LogP contribution < -0.4 is 5.32 Å². The highest BCUT2D eigenvalue weighted by Gasteiger charge is 2.44. The Kier molecular flexibility index (Phi) is 6.26. The van der Waals surface area contributed by atoms with Crippen LogP contribution in [0.3, 0.4) is 0 Å². The Hall–Kier alpha value is -3.35. The first kappa shape index (κ1) is 23.4. The van der Waals surface area contributed by atoms with Gasteiger partial charge in [0.1, 0.15) is 6.61 Å². The van der Waals surface area contributed by atoms with Gasteiger partial charge in [0.05, 0.1) is 5.41 Å². The maximum absolute atomic E-state index is 13.1. The third kappa shape index (κ3) is 4.51. The van der Waals surface area contributed by atoms with Gasteiger partial charge in [-0.3, -0.25) is 9.59 Å². The number of likely N-dealkylation sites (tertiary alicyclic amines) is 1. The van der Waals surface area contributed by atoms with E-state index in [2.05, 4.69) is 29.6 Å². The van der Waals surface area contributed by atoms with Crippen molar-refractivity contribution in [3.8, 4) is 11.1 Å². The van der Waals surface area contributed by atoms with E-state index in [1.807, 2.05) is 24.3 Å². The van der Waals surface area contributed by atoms with Crippen molar-refractivity contribution in [2.45, 2.75) is 51.0 Å². The topological polar surface area (TPSA) is 95.9 Å². The first-order valence-corrected chi connectivity index (χ1v) is 12.5. The van der Waals surface area contributed by atoms with Crippen molar-refractivity contribution >= 4 is 18.0 Å². The molecule has 7 heteroatoms. The summed E-state index contributed by atoms with van der Waals surface area (Å²) in [6.45, 7) is 2.69. The van der Waals surface area contributed by atoms with Gasteiger partial charge in [-0.05, 0) is 54.9 Å². The molecule has 2 N–H and O–H groups in total. The van der Waals surface area contributed by atoms with Gasteiger partial charge >= 0.3 is 12.1 Å². The fourth-order valence-electron chi connectivity index (χ4n) is 5.93. The lowest BCUT2D eigenvalue weighted by atomic mass is 9.84. The van der Waals surface area contributed by atoms with Crippen molar-refractivity contribution in [2.75, 3.05) is 19.7 Å². The molecule has 35 heavy (non-hydrogen) atoms. The molecule has 1 saturated carbocycles. The van der Waals surface area contributed by atoms with Gasteiger partial charge in [0.25, 0.3) is 0 Å². The van der Waals surface area contributed by atoms with E-state index in [0.717, 1.165) is 19.3 Å². The number of ether oxygens (including phenoxy) is 1. The fourth-order valence-corrected chi connectivity index (χ4v) is 5.93. The normalized spacial score (nSPS) is 25.6. The van der Waals surface area contributed by atoms with Gasteiger partial charge in [-0.15, -0.1) is 0 Å². The molecular formula is C28H32N2O5. The number of aliphatic carboxylic acids is 1. The second kappa shape index (κ2) is 9.36. The molecule has 0 radical (unpaired) electrons. The smallest absolute Gasteiger partial charge is 0.407 e. The number of carbonyl (C=O) groups is 3. The molecular weight excluding hydrogens is 444 g/mol. The highest BCUT2D eigenvalue weighted by atomic mass is 16.5. The van der Waals surface area contributed by atoms with Crippen LogP contribution in [0.4, 0.5) is 4.79 Å². The van der Waals surface area contributed by atoms with E-state index < -0.39 is 17.5 Å². The van der Waals surface area contributed by atoms with E-state index in [1.165, 1.54) is 22.3 Å². The number of carboxylic acids is 1. The van der Waals surface area contributed by atoms with Crippen LogP contribution in [0.1, 0.15) is 56.1 Å². The van der Waals surface area contributed by atoms with Gasteiger partial charge in [-0.1, -0.05) is 55.0 Å². The summed E-state index contributed by atoms with van der Waals surface area (Å²) in [5.41, 5.74) is 3.84. The summed E-state index contributed by atoms with van der Waals surface area (Å²) in [6.07, 6.45) is 2.99. The third-order valence-corrected chi connectivity index (χ3v) is 7.99. The molecule has 7 nitrogen and oxygen atoms in total. The Labute approximate surface area is 205 Å². The van der Waals surface area contributed by atoms with Crippen molar-refractivity contribution in [1.82, 2.24) is 10.2 Å². The summed E-state index contributed by atoms with van der Waals surface area (Å²) < 4.78 is 5.68. The Balaban J connectivity index is 1.16. The van der Waals surface area contributed by atoms with Crippen molar-refractivity contribution < 1.29 is 24.2 Å². The van der Waals surface area contributed by atoms with Gasteiger partial charge in [-0.2, -0.15) is 0 Å². The van der Waals surface area contributed by atoms with Crippen LogP contribution in [-0.4, -0.2) is 53.7 Å². The Morgan fingerprint density at radius 2 is 1.71 bits per heavy atom. The van der Waals surface area contributed by atoms with Gasteiger partial charge in [-0.25, -0.2) is 4.79 Å². The van der Waals surface area contributed by atoms with Crippen molar-refractivity contribution in [2.24, 2.45) is 11.3 Å². The highest BCUT2D eigenvalue weighted by Crippen LogP contribution is 2.44. The average molecular weight is 477 g/mol. The number of nitrogens with zero attached hydrogens (tertiary/aromatic N) is 1. The maximum atomic E-state index is 13.1. The van der Waals surface area contributed by atoms with Crippen molar-refractivity contribution in [3.05, 3.63) is 59.7 Å². The summed E-state index contributed by atoms with van der Waals surface area (Å²) in [6, 6.07) is 16.3. The van der Waals surface area contributed by atoms with Gasteiger partial charge < -0.3 is 20.1 Å². The average Bonchev–Trinajstić information content (AvgIpc) is 3.42. The minimum Gasteiger partial charge on any atom is -0.481 e. The van der Waals surface area contributed by atoms with Crippen molar-refractivity contribution in [3.63, 3.8) is 0 Å². The zero-order valence-corrected chi connectivity index (χ0v) is 20.0. The Morgan fingerprint density at radius 3 is 2.34 bits per heavy atom. The van der Waals surface area contributed by atoms with Crippen LogP contribution in [0.5, 0.6) is 0 Å². The number of carbonyl (C=O) groups excluding carboxylic acids is 2. The molecule has 5 rings (SSSR count). The van der Waals surface area contributed by atoms with Crippen LogP contribution >= 0.6 is 0 Å². The molecule has 1 heterocycles. The van der Waals surface area contributed by atoms with E-state index in [0.29, 0.717) is 19.4 Å². The molecule has 0 aromatic heterocycles. The number of amides is 2. The zero-order valence-electron chi connectivity index (χ0n) is 20.0. The molecule has 1 aliphatic heterocycles. The molecule has 0 bridgehead atoms. The number of hydrogen-bond donors (Lipinski definition) is 2. The number of carboxylic acid groups (broad SMARTS) is 1. The lowest BCUT2D eigenvalue weighted by molar-refractivity contribution is -0.147. The van der Waals surface area contributed by atoms with E-state index in [9.17, 15) is 19.5 Å². The Morgan fingerprint density at radius 1 is 1.06 bits per heavy atom. The summed E-state index contributed by atoms with van der Waals surface area (Å²) in [7, 11) is 0. The summed E-state index contributed by atoms with van der Waals surface area (Å²) >= 11 is 0. The van der Waals surface area contributed by atoms with Crippen molar-refractivity contribution in [1.29, 1.82) is 0 Å². The molecule has 184 valence electrons. The minimum atomic E-state index is -0.872. The maximum Gasteiger partial charge on any atom is 0.407 e. The number of nitrogens with one attached hydrogen (secondary N) is 1. The lowest BCUT2D eigenvalue weighted by Gasteiger charge is -2.31. The van der Waals surface area contributed by atoms with E-state index >= 15 is 0 Å². The number of fused-ring (bicyclic) bond motifs is 3. The number of rotatable bonds is 5. The molecule has 1 unspecified atom stereocenters. The molecule has 3 atom stereocenters. The zero-order chi connectivity index (χ0) is 24.6. The molecule has 2 fully saturated rings. The standard InChI is InChI=1S/C28H32N2O5/c1-28(26(32)33)13-14-30(17-28)25(31)18-7-6-8-19(15-18)29-27(34)35-16-24-22-11-4-2-9-20(22)21-10-3-5-12-23(21)24/h2-5,9-12,18-19,24H,6-8,13-17H2,1H3,(H,29,34)(H,32,33)/t18-,19+,28?/m1/s1. The SMILES string of the molecule is CC1(C(=O)O)CCN(C(=O)[C@@H]2CCC[C@H](NC(=O)OCC3c4ccccc4-c4ccccc43)C2)C1. The van der Waals surface area contributed by atoms with Gasteiger partial charge in [0, 0.05) is 31.0 Å². The Bertz CT molecular complexity index is 1100. The summed E-state index contributed by atoms with van der Waals surface area (Å²) in [4.78, 5) is 39.0. The van der Waals surface area contributed by atoms with E-state index in [4.69, 9.17) is 4.74 Å². The van der Waals surface area contributed by atoms with Gasteiger partial charge in [0.2, 0.25) is 5.91 Å². The predicted octanol–water partition coefficient (Wildman–Crippen LogP) is 4.41. The lowest BCUT2D eigenvalue weighted by Crippen LogP contribution is -2.44. The number of benzene rings is 2. The second-order valence-corrected chi connectivity index (χ2v) is 10.4. The molecule has 3 aliphatic rings. The first-order valence-electron chi connectivity index (χ1n) is 12.5. The monoisotopic (exact) mass is 476 g/mol. The second-order valence-electron chi connectivity index (χ2n) is 10.4. The van der Waals surface area contributed by atoms with Crippen LogP contribution in [0.15, 0.2) is 48.5 Å². The molecule has 2 aliphatic carbocycles. The highest BCUT2D eigenvalue weighted by molar-refractivity contribution is 5.82. The molecule has 2 amide bonds. The predicted molar refractivity (Wildman–Crippen MR) is 131 cm³/mol. The quantitative estimate of drug-likeness (QED) is 0.667. The van der Waals surface area contributed by atoms with E-state index in [-0.39, 0.29) is 36.9 Å². The minimum absolute atomic E-state index is 0.00699. The molecule has 2 aromatic rings. The molecule has 1 saturated heterocycles. The third-order valence-electron chi connectivity index (χ3n) is 7.99. The van der Waals surface area contributed by atoms with E-state index in [1.54, 1.807) is 11.8 Å². The van der Waals surface area contributed by atoms with Crippen LogP contribution in [0.2, 0.25) is 0 Å². The van der Waals surface area contributed by atoms with Crippen LogP contribution in [0, 0.1) is 11.3 Å². The summed E-state index contributed by atoms with van der Waals surface area (Å²) in [5, 5.41) is 12.4. The van der Waals surface area contributed by atoms with Gasteiger partial charge in [0.15, 0.2) is 0 Å². The first-order chi connectivity index (χ1) is 16.9. The fraction of sp³-hybridized carbons (Fsp3) is 0.464. The molecule has 2 aromatic carbocycles. The van der Waals surface area contributed by atoms with Crippen LogP contribution in [0.25, 0.3) is 11.1 Å². The number of alkyl carbamates (subject to hydrolysis) is 1. The summed E-state index contributed by atoms with van der Waals surface area (Å²) in [5.74, 6) is -1.04. The number of hydrogen-bond acceptors (Lipinski definition) is 4. The largest absolute Gasteiger partial charge is 0.481 e.